The second kappa shape index (κ2) is 7.54. The molecule has 2 aliphatic rings. The van der Waals surface area contributed by atoms with Gasteiger partial charge in [-0.05, 0) is 41.8 Å². The van der Waals surface area contributed by atoms with Crippen LogP contribution in [-0.4, -0.2) is 31.1 Å². The maximum absolute atomic E-state index is 12.5. The first-order valence-corrected chi connectivity index (χ1v) is 10.2. The fraction of sp³-hybridized carbons (Fsp3) is 0.263. The van der Waals surface area contributed by atoms with Gasteiger partial charge >= 0.3 is 0 Å². The molecular weight excluding hydrogens is 402 g/mol. The predicted molar refractivity (Wildman–Crippen MR) is 106 cm³/mol. The van der Waals surface area contributed by atoms with Crippen molar-refractivity contribution in [2.24, 2.45) is 0 Å². The topological polar surface area (TPSA) is 95.6 Å². The first-order valence-electron chi connectivity index (χ1n) is 8.72. The lowest BCUT2D eigenvalue weighted by molar-refractivity contribution is 0.0874. The molecule has 0 saturated carbocycles. The van der Waals surface area contributed by atoms with Gasteiger partial charge in [0, 0.05) is 31.7 Å². The average Bonchev–Trinajstić information content (AvgIpc) is 3.20. The molecule has 0 spiro atoms. The van der Waals surface area contributed by atoms with Gasteiger partial charge in [-0.2, -0.15) is 0 Å². The molecule has 28 heavy (non-hydrogen) atoms. The van der Waals surface area contributed by atoms with Gasteiger partial charge in [-0.15, -0.1) is 12.4 Å². The summed E-state index contributed by atoms with van der Waals surface area (Å²) >= 11 is 0. The van der Waals surface area contributed by atoms with Crippen molar-refractivity contribution in [3.8, 4) is 0 Å². The lowest BCUT2D eigenvalue weighted by Crippen LogP contribution is -2.29. The van der Waals surface area contributed by atoms with Crippen molar-refractivity contribution in [2.75, 3.05) is 6.54 Å². The summed E-state index contributed by atoms with van der Waals surface area (Å²) in [5.74, 6) is -0.930. The Morgan fingerprint density at radius 3 is 2.64 bits per heavy atom. The number of amides is 2. The zero-order valence-electron chi connectivity index (χ0n) is 15.2. The number of halogens is 1. The Hall–Kier alpha value is -2.42. The van der Waals surface area contributed by atoms with Gasteiger partial charge in [0.25, 0.3) is 21.8 Å². The van der Waals surface area contributed by atoms with E-state index < -0.39 is 15.9 Å². The molecule has 0 unspecified atom stereocenters. The number of hydrogen-bond donors (Lipinski definition) is 2. The monoisotopic (exact) mass is 421 g/mol. The van der Waals surface area contributed by atoms with Gasteiger partial charge < -0.3 is 10.6 Å². The molecule has 0 atom stereocenters. The van der Waals surface area contributed by atoms with Crippen molar-refractivity contribution < 1.29 is 18.0 Å². The zero-order chi connectivity index (χ0) is 19.2. The van der Waals surface area contributed by atoms with Crippen LogP contribution in [0.2, 0.25) is 0 Å². The van der Waals surface area contributed by atoms with E-state index in [1.807, 2.05) is 12.1 Å². The lowest BCUT2D eigenvalue weighted by atomic mass is 10.1. The van der Waals surface area contributed by atoms with E-state index in [9.17, 15) is 18.0 Å². The van der Waals surface area contributed by atoms with Crippen LogP contribution in [0.15, 0.2) is 41.3 Å². The lowest BCUT2D eigenvalue weighted by Gasteiger charge is -2.11. The summed E-state index contributed by atoms with van der Waals surface area (Å²) in [7, 11) is -3.88. The smallest absolute Gasteiger partial charge is 0.268 e. The fourth-order valence-electron chi connectivity index (χ4n) is 3.47. The van der Waals surface area contributed by atoms with E-state index in [-0.39, 0.29) is 40.9 Å². The molecule has 0 bridgehead atoms. The van der Waals surface area contributed by atoms with Crippen LogP contribution >= 0.6 is 12.4 Å². The first-order chi connectivity index (χ1) is 12.9. The molecule has 2 N–H and O–H groups in total. The molecular formula is C19H20ClN3O4S. The molecule has 4 rings (SSSR count). The number of hydrogen-bond acceptors (Lipinski definition) is 5. The number of nitrogens with zero attached hydrogens (tertiary/aromatic N) is 1. The molecule has 9 heteroatoms. The summed E-state index contributed by atoms with van der Waals surface area (Å²) < 4.78 is 25.7. The van der Waals surface area contributed by atoms with Crippen molar-refractivity contribution in [1.29, 1.82) is 0 Å². The maximum atomic E-state index is 12.5. The maximum Gasteiger partial charge on any atom is 0.268 e. The van der Waals surface area contributed by atoms with E-state index in [2.05, 4.69) is 16.7 Å². The Kier molecular flexibility index (Phi) is 5.47. The van der Waals surface area contributed by atoms with Crippen LogP contribution < -0.4 is 10.6 Å². The molecule has 2 heterocycles. The van der Waals surface area contributed by atoms with E-state index in [0.29, 0.717) is 6.54 Å². The summed E-state index contributed by atoms with van der Waals surface area (Å²) in [6.07, 6.45) is 0. The highest BCUT2D eigenvalue weighted by Crippen LogP contribution is 2.30. The standard InChI is InChI=1S/C19H19N3O4S.ClH/c1-2-22-19(24)16-6-5-13(8-17(16)27(22,25)26)18(23)21-9-12-3-4-14-10-20-11-15(14)7-12;/h3-8,20H,2,9-11H2,1H3,(H,21,23);1H. The summed E-state index contributed by atoms with van der Waals surface area (Å²) in [6.45, 7) is 3.68. The minimum Gasteiger partial charge on any atom is -0.348 e. The molecule has 0 aromatic heterocycles. The van der Waals surface area contributed by atoms with E-state index >= 15 is 0 Å². The molecule has 2 aliphatic heterocycles. The van der Waals surface area contributed by atoms with Crippen molar-refractivity contribution in [2.45, 2.75) is 31.5 Å². The molecule has 7 nitrogen and oxygen atoms in total. The average molecular weight is 422 g/mol. The zero-order valence-corrected chi connectivity index (χ0v) is 16.8. The number of carbonyl (C=O) groups is 2. The van der Waals surface area contributed by atoms with Crippen LogP contribution in [0.1, 0.15) is 44.3 Å². The minimum absolute atomic E-state index is 0. The van der Waals surface area contributed by atoms with Crippen molar-refractivity contribution >= 4 is 34.2 Å². The van der Waals surface area contributed by atoms with E-state index in [4.69, 9.17) is 0 Å². The largest absolute Gasteiger partial charge is 0.348 e. The Bertz CT molecular complexity index is 1070. The Labute approximate surface area is 169 Å². The van der Waals surface area contributed by atoms with Crippen molar-refractivity contribution in [1.82, 2.24) is 14.9 Å². The summed E-state index contributed by atoms with van der Waals surface area (Å²) in [4.78, 5) is 24.5. The molecule has 148 valence electrons. The highest BCUT2D eigenvalue weighted by atomic mass is 35.5. The number of fused-ring (bicyclic) bond motifs is 2. The molecule has 2 amide bonds. The van der Waals surface area contributed by atoms with E-state index in [1.165, 1.54) is 29.3 Å². The van der Waals surface area contributed by atoms with Gasteiger partial charge in [0.05, 0.1) is 5.56 Å². The quantitative estimate of drug-likeness (QED) is 0.784. The van der Waals surface area contributed by atoms with Crippen LogP contribution in [0.25, 0.3) is 0 Å². The molecule has 2 aromatic rings. The predicted octanol–water partition coefficient (Wildman–Crippen LogP) is 1.81. The molecule has 2 aromatic carbocycles. The van der Waals surface area contributed by atoms with Gasteiger partial charge in [0.2, 0.25) is 0 Å². The highest BCUT2D eigenvalue weighted by molar-refractivity contribution is 7.90. The van der Waals surface area contributed by atoms with Gasteiger partial charge in [-0.25, -0.2) is 12.7 Å². The van der Waals surface area contributed by atoms with Crippen molar-refractivity contribution in [3.63, 3.8) is 0 Å². The Morgan fingerprint density at radius 2 is 1.89 bits per heavy atom. The SMILES string of the molecule is CCN1C(=O)c2ccc(C(=O)NCc3ccc4c(c3)CNC4)cc2S1(=O)=O.Cl. The number of benzene rings is 2. The second-order valence-corrected chi connectivity index (χ2v) is 8.41. The van der Waals surface area contributed by atoms with Gasteiger partial charge in [-0.1, -0.05) is 18.2 Å². The first kappa shape index (κ1) is 20.3. The molecule has 0 radical (unpaired) electrons. The van der Waals surface area contributed by atoms with Crippen LogP contribution in [0.4, 0.5) is 0 Å². The van der Waals surface area contributed by atoms with Crippen LogP contribution in [0.3, 0.4) is 0 Å². The number of nitrogens with one attached hydrogen (secondary N) is 2. The molecule has 0 saturated heterocycles. The van der Waals surface area contributed by atoms with Crippen LogP contribution in [0.5, 0.6) is 0 Å². The number of sulfonamides is 1. The second-order valence-electron chi connectivity index (χ2n) is 6.58. The van der Waals surface area contributed by atoms with E-state index in [1.54, 1.807) is 6.92 Å². The Morgan fingerprint density at radius 1 is 1.14 bits per heavy atom. The minimum atomic E-state index is -3.88. The fourth-order valence-corrected chi connectivity index (χ4v) is 5.08. The Balaban J connectivity index is 0.00000225. The summed E-state index contributed by atoms with van der Waals surface area (Å²) in [5, 5.41) is 6.08. The van der Waals surface area contributed by atoms with E-state index in [0.717, 1.165) is 23.0 Å². The third-order valence-corrected chi connectivity index (χ3v) is 6.81. The van der Waals surface area contributed by atoms with Gasteiger partial charge in [-0.3, -0.25) is 9.59 Å². The third kappa shape index (κ3) is 3.28. The normalized spacial score (nSPS) is 16.3. The van der Waals surface area contributed by atoms with Gasteiger partial charge in [0.15, 0.2) is 0 Å². The van der Waals surface area contributed by atoms with Crippen molar-refractivity contribution in [3.05, 3.63) is 64.2 Å². The highest BCUT2D eigenvalue weighted by Gasteiger charge is 2.40. The van der Waals surface area contributed by atoms with Gasteiger partial charge in [0.1, 0.15) is 4.90 Å². The third-order valence-electron chi connectivity index (χ3n) is 4.91. The van der Waals surface area contributed by atoms with Crippen LogP contribution in [0, 0.1) is 0 Å². The van der Waals surface area contributed by atoms with Crippen LogP contribution in [-0.2, 0) is 29.7 Å². The number of rotatable bonds is 4. The molecule has 0 fully saturated rings. The summed E-state index contributed by atoms with van der Waals surface area (Å²) in [5.41, 5.74) is 3.79. The summed E-state index contributed by atoms with van der Waals surface area (Å²) in [6, 6.07) is 10.2. The number of carbonyl (C=O) groups excluding carboxylic acids is 2. The molecule has 0 aliphatic carbocycles.